The fourth-order valence-corrected chi connectivity index (χ4v) is 4.64. The normalized spacial score (nSPS) is 14.6. The Morgan fingerprint density at radius 3 is 2.44 bits per heavy atom. The summed E-state index contributed by atoms with van der Waals surface area (Å²) in [5.74, 6) is -1.29. The quantitative estimate of drug-likeness (QED) is 0.169. The van der Waals surface area contributed by atoms with E-state index in [9.17, 15) is 37.7 Å². The van der Waals surface area contributed by atoms with E-state index in [2.05, 4.69) is 5.32 Å². The molecule has 9 nitrogen and oxygen atoms in total. The van der Waals surface area contributed by atoms with Gasteiger partial charge >= 0.3 is 11.9 Å². The number of carbonyl (C=O) groups excluding carboxylic acids is 3. The summed E-state index contributed by atoms with van der Waals surface area (Å²) in [6.45, 7) is 3.58. The molecule has 3 aromatic carbocycles. The number of amides is 3. The van der Waals surface area contributed by atoms with E-state index in [4.69, 9.17) is 4.74 Å². The number of imide groups is 1. The molecule has 0 aromatic heterocycles. The molecule has 0 saturated carbocycles. The van der Waals surface area contributed by atoms with E-state index in [0.29, 0.717) is 41.1 Å². The molecule has 3 amide bonds. The lowest BCUT2D eigenvalue weighted by Crippen LogP contribution is -2.36. The summed E-state index contributed by atoms with van der Waals surface area (Å²) in [4.78, 5) is 49.0. The summed E-state index contributed by atoms with van der Waals surface area (Å²) in [5, 5.41) is 13.4. The van der Waals surface area contributed by atoms with E-state index in [0.717, 1.165) is 16.5 Å². The molecule has 212 valence electrons. The molecule has 0 unspecified atom stereocenters. The summed E-state index contributed by atoms with van der Waals surface area (Å²) in [6, 6.07) is 15.0. The summed E-state index contributed by atoms with van der Waals surface area (Å²) in [6.07, 6.45) is -3.40. The first-order valence-electron chi connectivity index (χ1n) is 12.1. The second kappa shape index (κ2) is 11.8. The average Bonchev–Trinajstić information content (AvgIpc) is 3.15. The number of benzene rings is 3. The van der Waals surface area contributed by atoms with E-state index in [1.165, 1.54) is 24.3 Å². The van der Waals surface area contributed by atoms with Gasteiger partial charge in [-0.1, -0.05) is 38.1 Å². The molecular weight excluding hydrogens is 563 g/mol. The number of hydrogen-bond donors (Lipinski definition) is 1. The number of anilines is 1. The first kappa shape index (κ1) is 29.3. The zero-order valence-electron chi connectivity index (χ0n) is 21.6. The Kier molecular flexibility index (Phi) is 8.47. The second-order valence-electron chi connectivity index (χ2n) is 9.20. The third-order valence-electron chi connectivity index (χ3n) is 5.90. The molecule has 0 radical (unpaired) electrons. The predicted molar refractivity (Wildman–Crippen MR) is 146 cm³/mol. The zero-order chi connectivity index (χ0) is 29.9. The minimum Gasteiger partial charge on any atom is -0.450 e. The summed E-state index contributed by atoms with van der Waals surface area (Å²) in [7, 11) is 0. The molecule has 1 N–H and O–H groups in total. The van der Waals surface area contributed by atoms with Crippen LogP contribution in [0.2, 0.25) is 0 Å². The van der Waals surface area contributed by atoms with Crippen molar-refractivity contribution in [1.29, 1.82) is 0 Å². The minimum absolute atomic E-state index is 0.0294. The fraction of sp³-hybridized carbons (Fsp3) is 0.179. The molecule has 0 spiro atoms. The fourth-order valence-electron chi connectivity index (χ4n) is 3.80. The van der Waals surface area contributed by atoms with Crippen LogP contribution in [0.25, 0.3) is 6.08 Å². The molecule has 41 heavy (non-hydrogen) atoms. The number of nitrogens with one attached hydrogen (secondary N) is 1. The van der Waals surface area contributed by atoms with Crippen molar-refractivity contribution in [1.82, 2.24) is 4.90 Å². The molecule has 1 aliphatic heterocycles. The van der Waals surface area contributed by atoms with Crippen LogP contribution in [0.3, 0.4) is 0 Å². The number of rotatable bonds is 8. The number of alkyl halides is 3. The van der Waals surface area contributed by atoms with Gasteiger partial charge in [0.2, 0.25) is 11.7 Å². The van der Waals surface area contributed by atoms with E-state index in [1.54, 1.807) is 18.2 Å². The maximum absolute atomic E-state index is 13.0. The van der Waals surface area contributed by atoms with Crippen molar-refractivity contribution in [3.8, 4) is 11.5 Å². The van der Waals surface area contributed by atoms with Crippen molar-refractivity contribution >= 4 is 46.3 Å². The topological polar surface area (TPSA) is 119 Å². The van der Waals surface area contributed by atoms with Crippen LogP contribution in [-0.2, 0) is 15.8 Å². The van der Waals surface area contributed by atoms with E-state index in [-0.39, 0.29) is 10.7 Å². The molecule has 1 heterocycles. The van der Waals surface area contributed by atoms with Crippen LogP contribution in [0.4, 0.5) is 29.3 Å². The maximum Gasteiger partial charge on any atom is 0.416 e. The van der Waals surface area contributed by atoms with Gasteiger partial charge < -0.3 is 10.1 Å². The van der Waals surface area contributed by atoms with Gasteiger partial charge in [-0.25, -0.2) is 0 Å². The van der Waals surface area contributed by atoms with Crippen molar-refractivity contribution in [2.24, 2.45) is 0 Å². The first-order chi connectivity index (χ1) is 19.3. The SMILES string of the molecule is CC(C)c1ccc(NC(=O)CN2C(=O)S/C(=C/c3cccc(Oc4ccc(C(F)(F)F)cc4[N+](=O)[O-])c3)C2=O)cc1. The Labute approximate surface area is 236 Å². The average molecular weight is 586 g/mol. The standard InChI is InChI=1S/C28H22F3N3O6S/c1-16(2)18-6-9-20(10-7-18)32-25(35)15-33-26(36)24(41-27(33)37)13-17-4-3-5-21(12-17)40-23-11-8-19(28(29,30)31)14-22(23)34(38)39/h3-14,16H,15H2,1-2H3,(H,32,35)/b24-13+. The van der Waals surface area contributed by atoms with E-state index in [1.807, 2.05) is 26.0 Å². The van der Waals surface area contributed by atoms with Crippen LogP contribution < -0.4 is 10.1 Å². The number of hydrogen-bond acceptors (Lipinski definition) is 7. The number of halogens is 3. The third-order valence-corrected chi connectivity index (χ3v) is 6.81. The van der Waals surface area contributed by atoms with Crippen molar-refractivity contribution in [3.63, 3.8) is 0 Å². The number of nitro groups is 1. The Morgan fingerprint density at radius 2 is 1.80 bits per heavy atom. The number of ether oxygens (including phenoxy) is 1. The van der Waals surface area contributed by atoms with Crippen LogP contribution in [0, 0.1) is 10.1 Å². The van der Waals surface area contributed by atoms with Crippen LogP contribution >= 0.6 is 11.8 Å². The Morgan fingerprint density at radius 1 is 1.10 bits per heavy atom. The highest BCUT2D eigenvalue weighted by Crippen LogP contribution is 2.38. The number of nitro benzene ring substituents is 1. The molecule has 1 fully saturated rings. The lowest BCUT2D eigenvalue weighted by molar-refractivity contribution is -0.385. The third kappa shape index (κ3) is 7.11. The first-order valence-corrected chi connectivity index (χ1v) is 12.9. The van der Waals surface area contributed by atoms with Crippen LogP contribution in [0.1, 0.15) is 36.5 Å². The van der Waals surface area contributed by atoms with Gasteiger partial charge in [-0.05, 0) is 71.3 Å². The monoisotopic (exact) mass is 585 g/mol. The highest BCUT2D eigenvalue weighted by molar-refractivity contribution is 8.18. The predicted octanol–water partition coefficient (Wildman–Crippen LogP) is 7.20. The molecular formula is C28H22F3N3O6S. The van der Waals surface area contributed by atoms with Gasteiger partial charge in [0.1, 0.15) is 12.3 Å². The van der Waals surface area contributed by atoms with Gasteiger partial charge in [0.05, 0.1) is 15.4 Å². The highest BCUT2D eigenvalue weighted by atomic mass is 32.2. The maximum atomic E-state index is 13.0. The van der Waals surface area contributed by atoms with E-state index < -0.39 is 51.7 Å². The van der Waals surface area contributed by atoms with Gasteiger partial charge in [0.25, 0.3) is 11.1 Å². The highest BCUT2D eigenvalue weighted by Gasteiger charge is 2.36. The number of thioether (sulfide) groups is 1. The molecule has 4 rings (SSSR count). The minimum atomic E-state index is -4.77. The smallest absolute Gasteiger partial charge is 0.416 e. The van der Waals surface area contributed by atoms with Gasteiger partial charge in [-0.2, -0.15) is 13.2 Å². The summed E-state index contributed by atoms with van der Waals surface area (Å²) in [5.41, 5.74) is -0.0883. The van der Waals surface area contributed by atoms with Crippen molar-refractivity contribution in [3.05, 3.63) is 98.4 Å². The lowest BCUT2D eigenvalue weighted by atomic mass is 10.0. The molecule has 0 aliphatic carbocycles. The second-order valence-corrected chi connectivity index (χ2v) is 10.2. The molecule has 13 heteroatoms. The lowest BCUT2D eigenvalue weighted by Gasteiger charge is -2.13. The zero-order valence-corrected chi connectivity index (χ0v) is 22.4. The molecule has 0 atom stereocenters. The van der Waals surface area contributed by atoms with Gasteiger partial charge in [0, 0.05) is 11.8 Å². The molecule has 3 aromatic rings. The van der Waals surface area contributed by atoms with Crippen molar-refractivity contribution < 1.29 is 37.2 Å². The Bertz CT molecular complexity index is 1550. The Hall–Kier alpha value is -4.65. The Balaban J connectivity index is 1.46. The van der Waals surface area contributed by atoms with Crippen molar-refractivity contribution in [2.75, 3.05) is 11.9 Å². The number of carbonyl (C=O) groups is 3. The van der Waals surface area contributed by atoms with Crippen LogP contribution in [0.15, 0.2) is 71.6 Å². The van der Waals surface area contributed by atoms with E-state index >= 15 is 0 Å². The van der Waals surface area contributed by atoms with Crippen molar-refractivity contribution in [2.45, 2.75) is 25.9 Å². The van der Waals surface area contributed by atoms with Gasteiger partial charge in [-0.15, -0.1) is 0 Å². The molecule has 1 saturated heterocycles. The number of nitrogens with zero attached hydrogens (tertiary/aromatic N) is 2. The van der Waals surface area contributed by atoms with Gasteiger partial charge in [0.15, 0.2) is 0 Å². The molecule has 1 aliphatic rings. The summed E-state index contributed by atoms with van der Waals surface area (Å²) < 4.78 is 44.4. The van der Waals surface area contributed by atoms with Gasteiger partial charge in [-0.3, -0.25) is 29.4 Å². The summed E-state index contributed by atoms with van der Waals surface area (Å²) >= 11 is 0.632. The van der Waals surface area contributed by atoms with Crippen LogP contribution in [0.5, 0.6) is 11.5 Å². The largest absolute Gasteiger partial charge is 0.450 e. The van der Waals surface area contributed by atoms with Crippen LogP contribution in [-0.4, -0.2) is 33.4 Å². The molecule has 0 bridgehead atoms.